The molecule has 1 atom stereocenters. The number of benzene rings is 1. The molecule has 0 bridgehead atoms. The molecule has 1 fully saturated rings. The van der Waals surface area contributed by atoms with Crippen molar-refractivity contribution in [3.63, 3.8) is 0 Å². The van der Waals surface area contributed by atoms with E-state index in [1.54, 1.807) is 0 Å². The summed E-state index contributed by atoms with van der Waals surface area (Å²) in [5.41, 5.74) is 2.71. The van der Waals surface area contributed by atoms with Crippen LogP contribution in [0.1, 0.15) is 24.0 Å². The molecule has 0 radical (unpaired) electrons. The SMILES string of the molecule is Cc1cncc2cc(CC3CCCNC3)ccc12. The first-order chi connectivity index (χ1) is 8.83. The number of rotatable bonds is 2. The highest BCUT2D eigenvalue weighted by molar-refractivity contribution is 5.85. The second kappa shape index (κ2) is 5.07. The molecular formula is C16H20N2. The third-order valence-electron chi connectivity index (χ3n) is 3.95. The van der Waals surface area contributed by atoms with Crippen molar-refractivity contribution in [2.24, 2.45) is 5.92 Å². The maximum Gasteiger partial charge on any atom is 0.0346 e. The molecule has 2 heterocycles. The third kappa shape index (κ3) is 2.39. The molecule has 1 saturated heterocycles. The molecule has 18 heavy (non-hydrogen) atoms. The Morgan fingerprint density at radius 1 is 1.33 bits per heavy atom. The van der Waals surface area contributed by atoms with Gasteiger partial charge in [0.1, 0.15) is 0 Å². The van der Waals surface area contributed by atoms with Crippen molar-refractivity contribution >= 4 is 10.8 Å². The molecule has 3 rings (SSSR count). The first-order valence-corrected chi connectivity index (χ1v) is 6.87. The largest absolute Gasteiger partial charge is 0.316 e. The van der Waals surface area contributed by atoms with Gasteiger partial charge < -0.3 is 5.32 Å². The quantitative estimate of drug-likeness (QED) is 0.872. The van der Waals surface area contributed by atoms with E-state index in [0.717, 1.165) is 5.92 Å². The van der Waals surface area contributed by atoms with Gasteiger partial charge in [-0.2, -0.15) is 0 Å². The predicted octanol–water partition coefficient (Wildman–Crippen LogP) is 3.09. The molecule has 2 aromatic rings. The number of nitrogens with zero attached hydrogens (tertiary/aromatic N) is 1. The lowest BCUT2D eigenvalue weighted by Crippen LogP contribution is -2.30. The maximum atomic E-state index is 4.29. The maximum absolute atomic E-state index is 4.29. The molecule has 2 heteroatoms. The van der Waals surface area contributed by atoms with Crippen LogP contribution in [0.15, 0.2) is 30.6 Å². The highest BCUT2D eigenvalue weighted by Gasteiger charge is 2.13. The van der Waals surface area contributed by atoms with Gasteiger partial charge in [-0.25, -0.2) is 0 Å². The van der Waals surface area contributed by atoms with Crippen LogP contribution in [0.4, 0.5) is 0 Å². The number of pyridine rings is 1. The number of piperidine rings is 1. The summed E-state index contributed by atoms with van der Waals surface area (Å²) in [4.78, 5) is 4.29. The summed E-state index contributed by atoms with van der Waals surface area (Å²) in [7, 11) is 0. The molecule has 0 spiro atoms. The number of hydrogen-bond donors (Lipinski definition) is 1. The highest BCUT2D eigenvalue weighted by Crippen LogP contribution is 2.22. The Hall–Kier alpha value is -1.41. The predicted molar refractivity (Wildman–Crippen MR) is 75.8 cm³/mol. The molecule has 1 unspecified atom stereocenters. The first kappa shape index (κ1) is 11.7. The third-order valence-corrected chi connectivity index (χ3v) is 3.95. The molecule has 2 nitrogen and oxygen atoms in total. The van der Waals surface area contributed by atoms with Crippen LogP contribution in [0.3, 0.4) is 0 Å². The lowest BCUT2D eigenvalue weighted by Gasteiger charge is -2.22. The minimum Gasteiger partial charge on any atom is -0.316 e. The van der Waals surface area contributed by atoms with Crippen molar-refractivity contribution in [3.8, 4) is 0 Å². The molecule has 94 valence electrons. The molecular weight excluding hydrogens is 220 g/mol. The summed E-state index contributed by atoms with van der Waals surface area (Å²) in [6.07, 6.45) is 7.78. The Labute approximate surface area is 108 Å². The van der Waals surface area contributed by atoms with Crippen LogP contribution in [0.5, 0.6) is 0 Å². The molecule has 0 amide bonds. The van der Waals surface area contributed by atoms with Crippen molar-refractivity contribution < 1.29 is 0 Å². The topological polar surface area (TPSA) is 24.9 Å². The van der Waals surface area contributed by atoms with Gasteiger partial charge >= 0.3 is 0 Å². The van der Waals surface area contributed by atoms with E-state index in [0.29, 0.717) is 0 Å². The fourth-order valence-corrected chi connectivity index (χ4v) is 2.94. The van der Waals surface area contributed by atoms with E-state index in [9.17, 15) is 0 Å². The van der Waals surface area contributed by atoms with E-state index in [1.165, 1.54) is 54.3 Å². The molecule has 1 aromatic heterocycles. The van der Waals surface area contributed by atoms with Gasteiger partial charge in [0.25, 0.3) is 0 Å². The van der Waals surface area contributed by atoms with Gasteiger partial charge in [-0.1, -0.05) is 12.1 Å². The molecule has 1 aliphatic rings. The Kier molecular flexibility index (Phi) is 3.28. The standard InChI is InChI=1S/C16H20N2/c1-12-9-18-11-15-8-13(4-5-16(12)15)7-14-3-2-6-17-10-14/h4-5,8-9,11,14,17H,2-3,6-7,10H2,1H3. The molecule has 1 N–H and O–H groups in total. The summed E-state index contributed by atoms with van der Waals surface area (Å²) in [6.45, 7) is 4.49. The lowest BCUT2D eigenvalue weighted by molar-refractivity contribution is 0.376. The number of hydrogen-bond acceptors (Lipinski definition) is 2. The number of aryl methyl sites for hydroxylation is 1. The molecule has 0 aliphatic carbocycles. The van der Waals surface area contributed by atoms with Crippen molar-refractivity contribution in [1.29, 1.82) is 0 Å². The van der Waals surface area contributed by atoms with Gasteiger partial charge in [0, 0.05) is 17.8 Å². The van der Waals surface area contributed by atoms with E-state index >= 15 is 0 Å². The summed E-state index contributed by atoms with van der Waals surface area (Å²) in [5, 5.41) is 6.09. The van der Waals surface area contributed by atoms with Crippen molar-refractivity contribution in [2.45, 2.75) is 26.2 Å². The summed E-state index contributed by atoms with van der Waals surface area (Å²) >= 11 is 0. The zero-order chi connectivity index (χ0) is 12.4. The first-order valence-electron chi connectivity index (χ1n) is 6.87. The minimum absolute atomic E-state index is 0.800. The van der Waals surface area contributed by atoms with Crippen LogP contribution in [-0.4, -0.2) is 18.1 Å². The van der Waals surface area contributed by atoms with Gasteiger partial charge in [-0.15, -0.1) is 0 Å². The van der Waals surface area contributed by atoms with Gasteiger partial charge in [-0.3, -0.25) is 4.98 Å². The van der Waals surface area contributed by atoms with Crippen LogP contribution >= 0.6 is 0 Å². The molecule has 1 aliphatic heterocycles. The Bertz CT molecular complexity index is 542. The fourth-order valence-electron chi connectivity index (χ4n) is 2.94. The van der Waals surface area contributed by atoms with Crippen LogP contribution in [0.2, 0.25) is 0 Å². The summed E-state index contributed by atoms with van der Waals surface area (Å²) in [5.74, 6) is 0.800. The van der Waals surface area contributed by atoms with E-state index in [4.69, 9.17) is 0 Å². The average molecular weight is 240 g/mol. The Balaban J connectivity index is 1.84. The molecule has 0 saturated carbocycles. The second-order valence-corrected chi connectivity index (χ2v) is 5.43. The van der Waals surface area contributed by atoms with Crippen LogP contribution in [-0.2, 0) is 6.42 Å². The van der Waals surface area contributed by atoms with E-state index in [-0.39, 0.29) is 0 Å². The van der Waals surface area contributed by atoms with Gasteiger partial charge in [0.05, 0.1) is 0 Å². The number of fused-ring (bicyclic) bond motifs is 1. The van der Waals surface area contributed by atoms with Gasteiger partial charge in [-0.05, 0) is 67.8 Å². The lowest BCUT2D eigenvalue weighted by atomic mass is 9.91. The second-order valence-electron chi connectivity index (χ2n) is 5.43. The van der Waals surface area contributed by atoms with E-state index in [1.807, 2.05) is 12.4 Å². The Morgan fingerprint density at radius 3 is 3.11 bits per heavy atom. The summed E-state index contributed by atoms with van der Waals surface area (Å²) in [6, 6.07) is 6.84. The Morgan fingerprint density at radius 2 is 2.28 bits per heavy atom. The van der Waals surface area contributed by atoms with Crippen LogP contribution in [0.25, 0.3) is 10.8 Å². The van der Waals surface area contributed by atoms with Crippen LogP contribution < -0.4 is 5.32 Å². The number of nitrogens with one attached hydrogen (secondary N) is 1. The fraction of sp³-hybridized carbons (Fsp3) is 0.438. The normalized spacial score (nSPS) is 20.2. The van der Waals surface area contributed by atoms with E-state index in [2.05, 4.69) is 35.4 Å². The number of aromatic nitrogens is 1. The van der Waals surface area contributed by atoms with Crippen molar-refractivity contribution in [1.82, 2.24) is 10.3 Å². The van der Waals surface area contributed by atoms with E-state index < -0.39 is 0 Å². The van der Waals surface area contributed by atoms with Crippen molar-refractivity contribution in [2.75, 3.05) is 13.1 Å². The van der Waals surface area contributed by atoms with Crippen LogP contribution in [0, 0.1) is 12.8 Å². The molecule has 1 aromatic carbocycles. The monoisotopic (exact) mass is 240 g/mol. The van der Waals surface area contributed by atoms with Crippen molar-refractivity contribution in [3.05, 3.63) is 41.7 Å². The zero-order valence-electron chi connectivity index (χ0n) is 10.9. The van der Waals surface area contributed by atoms with Gasteiger partial charge in [0.2, 0.25) is 0 Å². The minimum atomic E-state index is 0.800. The smallest absolute Gasteiger partial charge is 0.0346 e. The highest BCUT2D eigenvalue weighted by atomic mass is 14.9. The average Bonchev–Trinajstić information content (AvgIpc) is 2.40. The van der Waals surface area contributed by atoms with Gasteiger partial charge in [0.15, 0.2) is 0 Å². The zero-order valence-corrected chi connectivity index (χ0v) is 10.9. The summed E-state index contributed by atoms with van der Waals surface area (Å²) < 4.78 is 0.